The molecule has 0 radical (unpaired) electrons. The first-order chi connectivity index (χ1) is 13.6. The number of rotatable bonds is 3. The van der Waals surface area contributed by atoms with Crippen molar-refractivity contribution in [3.05, 3.63) is 41.6 Å². The van der Waals surface area contributed by atoms with Gasteiger partial charge in [-0.05, 0) is 26.3 Å². The number of benzene rings is 1. The number of carbonyl (C=O) groups excluding carboxylic acids is 1. The van der Waals surface area contributed by atoms with Gasteiger partial charge in [0.2, 0.25) is 0 Å². The van der Waals surface area contributed by atoms with Crippen molar-refractivity contribution in [1.82, 2.24) is 24.5 Å². The summed E-state index contributed by atoms with van der Waals surface area (Å²) in [4.78, 5) is 25.1. The van der Waals surface area contributed by atoms with Crippen LogP contribution in [0.5, 0.6) is 0 Å². The Morgan fingerprint density at radius 2 is 1.86 bits per heavy atom. The van der Waals surface area contributed by atoms with Gasteiger partial charge >= 0.3 is 6.09 Å². The minimum absolute atomic E-state index is 0.249. The van der Waals surface area contributed by atoms with E-state index in [1.54, 1.807) is 9.42 Å². The standard InChI is InChI=1S/C20H24N6O2/c1-4-28-20(27)25-11-9-24(10-12-25)17-13-15(3)21-19-22-18(23-26(17)19)16-8-6-5-7-14(16)2/h5-8,13H,4,9-12H2,1-3H3. The molecule has 4 rings (SSSR count). The number of aromatic nitrogens is 4. The number of aryl methyl sites for hydroxylation is 2. The van der Waals surface area contributed by atoms with Crippen LogP contribution in [-0.2, 0) is 4.74 Å². The predicted molar refractivity (Wildman–Crippen MR) is 107 cm³/mol. The number of fused-ring (bicyclic) bond motifs is 1. The molecule has 2 aromatic heterocycles. The zero-order chi connectivity index (χ0) is 19.7. The van der Waals surface area contributed by atoms with Gasteiger partial charge in [0, 0.05) is 43.5 Å². The fraction of sp³-hybridized carbons (Fsp3) is 0.400. The van der Waals surface area contributed by atoms with Crippen LogP contribution >= 0.6 is 0 Å². The largest absolute Gasteiger partial charge is 0.450 e. The van der Waals surface area contributed by atoms with Crippen LogP contribution in [0.1, 0.15) is 18.2 Å². The van der Waals surface area contributed by atoms with Crippen LogP contribution in [0, 0.1) is 13.8 Å². The molecule has 1 aliphatic rings. The molecule has 1 aliphatic heterocycles. The first kappa shape index (κ1) is 18.2. The van der Waals surface area contributed by atoms with Gasteiger partial charge in [0.25, 0.3) is 5.78 Å². The molecule has 1 aromatic carbocycles. The minimum atomic E-state index is -0.249. The van der Waals surface area contributed by atoms with E-state index in [1.807, 2.05) is 38.1 Å². The lowest BCUT2D eigenvalue weighted by atomic mass is 10.1. The average molecular weight is 380 g/mol. The smallest absolute Gasteiger partial charge is 0.409 e. The number of hydrogen-bond acceptors (Lipinski definition) is 6. The maximum atomic E-state index is 11.9. The third-order valence-electron chi connectivity index (χ3n) is 4.94. The third-order valence-corrected chi connectivity index (χ3v) is 4.94. The van der Waals surface area contributed by atoms with Gasteiger partial charge in [-0.2, -0.15) is 9.50 Å². The number of amides is 1. The Morgan fingerprint density at radius 1 is 1.11 bits per heavy atom. The summed E-state index contributed by atoms with van der Waals surface area (Å²) in [6, 6.07) is 10.1. The molecule has 0 N–H and O–H groups in total. The Kier molecular flexibility index (Phi) is 4.85. The average Bonchev–Trinajstić information content (AvgIpc) is 3.11. The second-order valence-electron chi connectivity index (χ2n) is 6.89. The fourth-order valence-electron chi connectivity index (χ4n) is 3.46. The third kappa shape index (κ3) is 3.37. The molecule has 0 aliphatic carbocycles. The van der Waals surface area contributed by atoms with Crippen molar-refractivity contribution >= 4 is 17.7 Å². The zero-order valence-corrected chi connectivity index (χ0v) is 16.4. The minimum Gasteiger partial charge on any atom is -0.450 e. The maximum Gasteiger partial charge on any atom is 0.409 e. The van der Waals surface area contributed by atoms with Gasteiger partial charge in [-0.15, -0.1) is 5.10 Å². The van der Waals surface area contributed by atoms with E-state index >= 15 is 0 Å². The molecule has 8 heteroatoms. The highest BCUT2D eigenvalue weighted by molar-refractivity contribution is 5.68. The van der Waals surface area contributed by atoms with Crippen molar-refractivity contribution in [2.45, 2.75) is 20.8 Å². The van der Waals surface area contributed by atoms with Crippen molar-refractivity contribution < 1.29 is 9.53 Å². The van der Waals surface area contributed by atoms with Crippen LogP contribution < -0.4 is 4.90 Å². The second-order valence-corrected chi connectivity index (χ2v) is 6.89. The van der Waals surface area contributed by atoms with E-state index in [2.05, 4.69) is 27.9 Å². The van der Waals surface area contributed by atoms with E-state index in [1.165, 1.54) is 0 Å². The van der Waals surface area contributed by atoms with E-state index in [-0.39, 0.29) is 6.09 Å². The zero-order valence-electron chi connectivity index (χ0n) is 16.4. The molecule has 3 heterocycles. The molecule has 0 unspecified atom stereocenters. The molecule has 1 amide bonds. The summed E-state index contributed by atoms with van der Waals surface area (Å²) in [7, 11) is 0. The predicted octanol–water partition coefficient (Wildman–Crippen LogP) is 2.69. The van der Waals surface area contributed by atoms with Gasteiger partial charge in [0.15, 0.2) is 5.82 Å². The van der Waals surface area contributed by atoms with Gasteiger partial charge in [-0.25, -0.2) is 9.78 Å². The summed E-state index contributed by atoms with van der Waals surface area (Å²) in [5.74, 6) is 2.20. The molecule has 3 aromatic rings. The lowest BCUT2D eigenvalue weighted by molar-refractivity contribution is 0.105. The van der Waals surface area contributed by atoms with Gasteiger partial charge in [0.1, 0.15) is 5.82 Å². The number of piperazine rings is 1. The monoisotopic (exact) mass is 380 g/mol. The van der Waals surface area contributed by atoms with Crippen LogP contribution in [0.2, 0.25) is 0 Å². The molecule has 0 saturated carbocycles. The Morgan fingerprint density at radius 3 is 2.57 bits per heavy atom. The topological polar surface area (TPSA) is 75.9 Å². The van der Waals surface area contributed by atoms with Crippen molar-refractivity contribution in [2.75, 3.05) is 37.7 Å². The molecular weight excluding hydrogens is 356 g/mol. The van der Waals surface area contributed by atoms with E-state index < -0.39 is 0 Å². The molecule has 28 heavy (non-hydrogen) atoms. The number of carbonyl (C=O) groups is 1. The van der Waals surface area contributed by atoms with Crippen molar-refractivity contribution in [1.29, 1.82) is 0 Å². The lowest BCUT2D eigenvalue weighted by Crippen LogP contribution is -2.49. The Labute approximate surface area is 163 Å². The quantitative estimate of drug-likeness (QED) is 0.695. The number of hydrogen-bond donors (Lipinski definition) is 0. The highest BCUT2D eigenvalue weighted by Crippen LogP contribution is 2.24. The second kappa shape index (κ2) is 7.46. The van der Waals surface area contributed by atoms with E-state index in [0.717, 1.165) is 22.6 Å². The number of anilines is 1. The van der Waals surface area contributed by atoms with Gasteiger partial charge in [0.05, 0.1) is 6.61 Å². The summed E-state index contributed by atoms with van der Waals surface area (Å²) in [6.45, 7) is 8.86. The SMILES string of the molecule is CCOC(=O)N1CCN(c2cc(C)nc3nc(-c4ccccc4C)nn23)CC1. The van der Waals surface area contributed by atoms with Crippen LogP contribution in [0.4, 0.5) is 10.6 Å². The molecule has 0 bridgehead atoms. The summed E-state index contributed by atoms with van der Waals surface area (Å²) in [5, 5.41) is 4.74. The maximum absolute atomic E-state index is 11.9. The Hall–Kier alpha value is -3.16. The van der Waals surface area contributed by atoms with E-state index in [4.69, 9.17) is 9.84 Å². The van der Waals surface area contributed by atoms with Crippen molar-refractivity contribution in [2.24, 2.45) is 0 Å². The van der Waals surface area contributed by atoms with Gasteiger partial charge in [-0.3, -0.25) is 0 Å². The molecule has 8 nitrogen and oxygen atoms in total. The fourth-order valence-corrected chi connectivity index (χ4v) is 3.46. The summed E-state index contributed by atoms with van der Waals surface area (Å²) in [5.41, 5.74) is 3.02. The Balaban J connectivity index is 1.65. The van der Waals surface area contributed by atoms with Gasteiger partial charge in [-0.1, -0.05) is 24.3 Å². The molecule has 1 saturated heterocycles. The van der Waals surface area contributed by atoms with Crippen LogP contribution in [0.25, 0.3) is 17.2 Å². The number of nitrogens with zero attached hydrogens (tertiary/aromatic N) is 6. The highest BCUT2D eigenvalue weighted by atomic mass is 16.6. The van der Waals surface area contributed by atoms with E-state index in [0.29, 0.717) is 44.4 Å². The Bertz CT molecular complexity index is 1010. The summed E-state index contributed by atoms with van der Waals surface area (Å²) in [6.07, 6.45) is -0.249. The summed E-state index contributed by atoms with van der Waals surface area (Å²) < 4.78 is 6.91. The van der Waals surface area contributed by atoms with Crippen LogP contribution in [0.3, 0.4) is 0 Å². The lowest BCUT2D eigenvalue weighted by Gasteiger charge is -2.35. The molecule has 146 valence electrons. The summed E-state index contributed by atoms with van der Waals surface area (Å²) >= 11 is 0. The van der Waals surface area contributed by atoms with Crippen molar-refractivity contribution in [3.8, 4) is 11.4 Å². The molecular formula is C20H24N6O2. The van der Waals surface area contributed by atoms with Crippen LogP contribution in [0.15, 0.2) is 30.3 Å². The van der Waals surface area contributed by atoms with Crippen LogP contribution in [-0.4, -0.2) is 63.4 Å². The highest BCUT2D eigenvalue weighted by Gasteiger charge is 2.24. The normalized spacial score (nSPS) is 14.5. The van der Waals surface area contributed by atoms with E-state index in [9.17, 15) is 4.79 Å². The first-order valence-electron chi connectivity index (χ1n) is 9.54. The molecule has 0 atom stereocenters. The van der Waals surface area contributed by atoms with Crippen molar-refractivity contribution in [3.63, 3.8) is 0 Å². The molecule has 0 spiro atoms. The van der Waals surface area contributed by atoms with Gasteiger partial charge < -0.3 is 14.5 Å². The number of ether oxygens (including phenoxy) is 1. The first-order valence-corrected chi connectivity index (χ1v) is 9.54. The molecule has 1 fully saturated rings.